The molecule has 0 radical (unpaired) electrons. The van der Waals surface area contributed by atoms with E-state index in [1.807, 2.05) is 40.4 Å². The van der Waals surface area contributed by atoms with Crippen molar-refractivity contribution in [1.29, 1.82) is 0 Å². The first kappa shape index (κ1) is 17.5. The summed E-state index contributed by atoms with van der Waals surface area (Å²) in [7, 11) is 0. The van der Waals surface area contributed by atoms with Gasteiger partial charge in [0.15, 0.2) is 0 Å². The monoisotopic (exact) mass is 426 g/mol. The van der Waals surface area contributed by atoms with E-state index in [0.29, 0.717) is 16.6 Å². The maximum Gasteiger partial charge on any atom is 0.271 e. The molecule has 0 spiro atoms. The smallest absolute Gasteiger partial charge is 0.271 e. The maximum atomic E-state index is 13.1. The average Bonchev–Trinajstić information content (AvgIpc) is 3.48. The lowest BCUT2D eigenvalue weighted by Crippen LogP contribution is -2.33. The van der Waals surface area contributed by atoms with Crippen LogP contribution in [0.1, 0.15) is 22.2 Å². The van der Waals surface area contributed by atoms with Gasteiger partial charge in [-0.2, -0.15) is 5.10 Å². The van der Waals surface area contributed by atoms with Crippen LogP contribution in [0.3, 0.4) is 0 Å². The molecule has 1 aliphatic heterocycles. The Labute approximate surface area is 172 Å². The summed E-state index contributed by atoms with van der Waals surface area (Å²) in [4.78, 5) is 32.2. The molecule has 0 aromatic carbocycles. The minimum absolute atomic E-state index is 0.0806. The largest absolute Gasteiger partial charge is 0.288 e. The Morgan fingerprint density at radius 3 is 2.75 bits per heavy atom. The van der Waals surface area contributed by atoms with Crippen LogP contribution >= 0.6 is 34.0 Å². The predicted octanol–water partition coefficient (Wildman–Crippen LogP) is 3.96. The molecule has 28 heavy (non-hydrogen) atoms. The fourth-order valence-corrected chi connectivity index (χ4v) is 5.57. The van der Waals surface area contributed by atoms with Crippen molar-refractivity contribution in [3.05, 3.63) is 72.9 Å². The molecule has 0 unspecified atom stereocenters. The second-order valence-corrected chi connectivity index (χ2v) is 9.15. The van der Waals surface area contributed by atoms with E-state index in [1.54, 1.807) is 28.7 Å². The minimum atomic E-state index is -0.218. The van der Waals surface area contributed by atoms with Crippen LogP contribution in [0.25, 0.3) is 10.2 Å². The number of aromatic nitrogens is 2. The fraction of sp³-hybridized carbons (Fsp3) is 0.158. The van der Waals surface area contributed by atoms with Gasteiger partial charge in [-0.15, -0.1) is 34.0 Å². The van der Waals surface area contributed by atoms with Gasteiger partial charge in [0, 0.05) is 11.3 Å². The molecule has 6 nitrogen and oxygen atoms in total. The highest BCUT2D eigenvalue weighted by molar-refractivity contribution is 7.17. The zero-order valence-electron chi connectivity index (χ0n) is 14.5. The van der Waals surface area contributed by atoms with Gasteiger partial charge in [-0.3, -0.25) is 14.2 Å². The summed E-state index contributed by atoms with van der Waals surface area (Å²) < 4.78 is 1.93. The molecule has 0 bridgehead atoms. The molecule has 4 aromatic heterocycles. The van der Waals surface area contributed by atoms with Crippen molar-refractivity contribution in [3.63, 3.8) is 0 Å². The van der Waals surface area contributed by atoms with Gasteiger partial charge in [0.1, 0.15) is 11.2 Å². The van der Waals surface area contributed by atoms with Crippen LogP contribution in [-0.2, 0) is 11.3 Å². The number of carbonyl (C=O) groups is 1. The van der Waals surface area contributed by atoms with Gasteiger partial charge in [0.05, 0.1) is 28.5 Å². The van der Waals surface area contributed by atoms with Crippen molar-refractivity contribution >= 4 is 55.8 Å². The number of nitrogens with zero attached hydrogens (tertiary/aromatic N) is 4. The Bertz CT molecular complexity index is 1220. The molecule has 1 atom stereocenters. The Hall–Kier alpha value is -2.62. The molecule has 4 aromatic rings. The first-order valence-electron chi connectivity index (χ1n) is 8.60. The van der Waals surface area contributed by atoms with Gasteiger partial charge < -0.3 is 0 Å². The molecular weight excluding hydrogens is 412 g/mol. The molecule has 0 N–H and O–H groups in total. The second kappa shape index (κ2) is 7.08. The third-order valence-corrected chi connectivity index (χ3v) is 7.37. The molecule has 9 heteroatoms. The topological polar surface area (TPSA) is 67.6 Å². The van der Waals surface area contributed by atoms with Crippen LogP contribution in [0.15, 0.2) is 62.7 Å². The molecule has 140 valence electrons. The van der Waals surface area contributed by atoms with Gasteiger partial charge in [-0.1, -0.05) is 12.1 Å². The normalized spacial score (nSPS) is 16.6. The maximum absolute atomic E-state index is 13.1. The fourth-order valence-electron chi connectivity index (χ4n) is 3.24. The molecule has 1 aliphatic rings. The Morgan fingerprint density at radius 1 is 1.11 bits per heavy atom. The highest BCUT2D eigenvalue weighted by atomic mass is 32.1. The number of carbonyl (C=O) groups excluding carboxylic acids is 1. The summed E-state index contributed by atoms with van der Waals surface area (Å²) >= 11 is 4.56. The average molecular weight is 427 g/mol. The third-order valence-electron chi connectivity index (χ3n) is 4.58. The lowest BCUT2D eigenvalue weighted by molar-refractivity contribution is -0.133. The second-order valence-electron chi connectivity index (χ2n) is 6.31. The number of hydrazone groups is 1. The van der Waals surface area contributed by atoms with Gasteiger partial charge in [0.2, 0.25) is 0 Å². The minimum Gasteiger partial charge on any atom is -0.288 e. The molecule has 0 saturated heterocycles. The summed E-state index contributed by atoms with van der Waals surface area (Å²) in [6, 6.07) is 9.66. The molecule has 0 fully saturated rings. The quantitative estimate of drug-likeness (QED) is 0.496. The molecular formula is C19H14N4O2S3. The zero-order chi connectivity index (χ0) is 19.1. The van der Waals surface area contributed by atoms with Crippen molar-refractivity contribution in [1.82, 2.24) is 14.6 Å². The number of fused-ring (bicyclic) bond motifs is 1. The lowest BCUT2D eigenvalue weighted by atomic mass is 10.1. The third kappa shape index (κ3) is 3.01. The molecule has 5 heterocycles. The first-order chi connectivity index (χ1) is 13.7. The summed E-state index contributed by atoms with van der Waals surface area (Å²) in [5.74, 6) is -0.218. The van der Waals surface area contributed by atoms with Crippen molar-refractivity contribution in [2.45, 2.75) is 19.0 Å². The number of amides is 1. The van der Waals surface area contributed by atoms with E-state index in [-0.39, 0.29) is 24.1 Å². The first-order valence-corrected chi connectivity index (χ1v) is 11.2. The molecule has 0 aliphatic carbocycles. The van der Waals surface area contributed by atoms with Crippen LogP contribution in [0, 0.1) is 0 Å². The summed E-state index contributed by atoms with van der Waals surface area (Å²) in [5.41, 5.74) is 1.37. The van der Waals surface area contributed by atoms with Gasteiger partial charge in [0.25, 0.3) is 11.5 Å². The van der Waals surface area contributed by atoms with Crippen molar-refractivity contribution < 1.29 is 4.79 Å². The zero-order valence-corrected chi connectivity index (χ0v) is 17.0. The van der Waals surface area contributed by atoms with Crippen LogP contribution < -0.4 is 5.56 Å². The molecule has 0 saturated carbocycles. The lowest BCUT2D eigenvalue weighted by Gasteiger charge is -2.21. The number of rotatable bonds is 4. The van der Waals surface area contributed by atoms with E-state index in [4.69, 9.17) is 0 Å². The van der Waals surface area contributed by atoms with E-state index in [9.17, 15) is 9.59 Å². The summed E-state index contributed by atoms with van der Waals surface area (Å²) in [6.07, 6.45) is 2.11. The van der Waals surface area contributed by atoms with E-state index in [2.05, 4.69) is 10.1 Å². The number of thiophene rings is 3. The van der Waals surface area contributed by atoms with Gasteiger partial charge in [-0.25, -0.2) is 9.99 Å². The summed E-state index contributed by atoms with van der Waals surface area (Å²) in [5, 5.41) is 12.0. The van der Waals surface area contributed by atoms with Crippen molar-refractivity contribution in [3.8, 4) is 0 Å². The van der Waals surface area contributed by atoms with Crippen LogP contribution in [-0.4, -0.2) is 26.2 Å². The van der Waals surface area contributed by atoms with Gasteiger partial charge in [-0.05, 0) is 34.3 Å². The summed E-state index contributed by atoms with van der Waals surface area (Å²) in [6.45, 7) is -0.0806. The van der Waals surface area contributed by atoms with Crippen LogP contribution in [0.5, 0.6) is 0 Å². The van der Waals surface area contributed by atoms with E-state index >= 15 is 0 Å². The van der Waals surface area contributed by atoms with E-state index < -0.39 is 0 Å². The molecule has 5 rings (SSSR count). The SMILES string of the molecule is O=C(Cn1cnc2ccsc2c1=O)N1N=C(c2cccs2)C[C@@H]1c1cccs1. The van der Waals surface area contributed by atoms with E-state index in [0.717, 1.165) is 15.5 Å². The van der Waals surface area contributed by atoms with Crippen molar-refractivity contribution in [2.75, 3.05) is 0 Å². The molecule has 1 amide bonds. The number of hydrogen-bond acceptors (Lipinski definition) is 7. The Balaban J connectivity index is 1.48. The Kier molecular flexibility index (Phi) is 4.42. The van der Waals surface area contributed by atoms with Gasteiger partial charge >= 0.3 is 0 Å². The number of hydrogen-bond donors (Lipinski definition) is 0. The standard InChI is InChI=1S/C19H14N4O2S3/c24-17(10-22-11-20-12-5-8-28-18(12)19(22)25)23-14(16-4-2-7-27-16)9-13(21-23)15-3-1-6-26-15/h1-8,11,14H,9-10H2/t14-/m1/s1. The van der Waals surface area contributed by atoms with Crippen molar-refractivity contribution in [2.24, 2.45) is 5.10 Å². The van der Waals surface area contributed by atoms with Crippen LogP contribution in [0.4, 0.5) is 0 Å². The predicted molar refractivity (Wildman–Crippen MR) is 113 cm³/mol. The highest BCUT2D eigenvalue weighted by Crippen LogP contribution is 2.36. The van der Waals surface area contributed by atoms with Crippen LogP contribution in [0.2, 0.25) is 0 Å². The highest BCUT2D eigenvalue weighted by Gasteiger charge is 2.34. The Morgan fingerprint density at radius 2 is 1.96 bits per heavy atom. The van der Waals surface area contributed by atoms with E-state index in [1.165, 1.54) is 27.2 Å².